The van der Waals surface area contributed by atoms with Gasteiger partial charge in [-0.1, -0.05) is 19.9 Å². The van der Waals surface area contributed by atoms with Gasteiger partial charge in [-0.05, 0) is 17.5 Å². The summed E-state index contributed by atoms with van der Waals surface area (Å²) in [5, 5.41) is 8.88. The Morgan fingerprint density at radius 1 is 1.37 bits per heavy atom. The molecule has 104 valence electrons. The van der Waals surface area contributed by atoms with Gasteiger partial charge >= 0.3 is 5.97 Å². The third kappa shape index (κ3) is 2.81. The zero-order valence-corrected chi connectivity index (χ0v) is 11.2. The number of hydrogen-bond donors (Lipinski definition) is 2. The Morgan fingerprint density at radius 3 is 2.68 bits per heavy atom. The normalized spacial score (nSPS) is 15.4. The van der Waals surface area contributed by atoms with E-state index in [4.69, 9.17) is 20.3 Å². The highest BCUT2D eigenvalue weighted by atomic mass is 16.6. The van der Waals surface area contributed by atoms with Crippen molar-refractivity contribution in [3.8, 4) is 11.5 Å². The molecule has 0 aromatic heterocycles. The van der Waals surface area contributed by atoms with E-state index in [2.05, 4.69) is 0 Å². The van der Waals surface area contributed by atoms with Gasteiger partial charge in [0.25, 0.3) is 0 Å². The van der Waals surface area contributed by atoms with Crippen LogP contribution in [0.1, 0.15) is 43.4 Å². The van der Waals surface area contributed by atoms with Gasteiger partial charge in [0.05, 0.1) is 6.42 Å². The van der Waals surface area contributed by atoms with Crippen molar-refractivity contribution in [2.24, 2.45) is 5.73 Å². The van der Waals surface area contributed by atoms with Gasteiger partial charge in [0.2, 0.25) is 0 Å². The molecule has 2 rings (SSSR count). The number of carboxylic acids is 1. The molecule has 0 radical (unpaired) electrons. The molecule has 0 amide bonds. The minimum absolute atomic E-state index is 0.0979. The number of nitrogens with two attached hydrogens (primary N) is 1. The number of ether oxygens (including phenoxy) is 2. The number of aliphatic carboxylic acids is 1. The van der Waals surface area contributed by atoms with E-state index >= 15 is 0 Å². The average molecular weight is 265 g/mol. The number of benzene rings is 1. The maximum atomic E-state index is 10.8. The molecule has 5 heteroatoms. The van der Waals surface area contributed by atoms with E-state index in [9.17, 15) is 4.79 Å². The van der Waals surface area contributed by atoms with Crippen LogP contribution in [0.3, 0.4) is 0 Å². The van der Waals surface area contributed by atoms with Crippen LogP contribution in [0.2, 0.25) is 0 Å². The van der Waals surface area contributed by atoms with Gasteiger partial charge in [-0.2, -0.15) is 0 Å². The first-order valence-electron chi connectivity index (χ1n) is 6.40. The molecule has 0 spiro atoms. The van der Waals surface area contributed by atoms with E-state index in [0.717, 1.165) is 11.1 Å². The Kier molecular flexibility index (Phi) is 3.95. The van der Waals surface area contributed by atoms with Crippen LogP contribution >= 0.6 is 0 Å². The number of carboxylic acid groups (broad SMARTS) is 1. The maximum Gasteiger partial charge on any atom is 0.305 e. The van der Waals surface area contributed by atoms with Gasteiger partial charge in [0, 0.05) is 11.6 Å². The summed E-state index contributed by atoms with van der Waals surface area (Å²) in [6, 6.07) is 3.11. The number of rotatable bonds is 4. The van der Waals surface area contributed by atoms with E-state index in [1.165, 1.54) is 0 Å². The van der Waals surface area contributed by atoms with Gasteiger partial charge in [0.15, 0.2) is 11.5 Å². The first-order valence-corrected chi connectivity index (χ1v) is 6.40. The highest BCUT2D eigenvalue weighted by molar-refractivity contribution is 5.68. The molecule has 1 aromatic rings. The first kappa shape index (κ1) is 13.7. The second-order valence-electron chi connectivity index (χ2n) is 4.95. The Bertz CT molecular complexity index is 485. The van der Waals surface area contributed by atoms with Crippen LogP contribution in [0.5, 0.6) is 11.5 Å². The number of fused-ring (bicyclic) bond motifs is 1. The monoisotopic (exact) mass is 265 g/mol. The Hall–Kier alpha value is -1.75. The van der Waals surface area contributed by atoms with Crippen LogP contribution in [-0.4, -0.2) is 24.3 Å². The zero-order valence-electron chi connectivity index (χ0n) is 11.2. The van der Waals surface area contributed by atoms with Crippen molar-refractivity contribution in [3.05, 3.63) is 23.3 Å². The SMILES string of the molecule is CC(C)c1c(C(N)CC(=O)O)ccc2c1OCCO2. The second kappa shape index (κ2) is 5.48. The molecule has 1 unspecified atom stereocenters. The van der Waals surface area contributed by atoms with E-state index in [1.807, 2.05) is 19.9 Å². The standard InChI is InChI=1S/C14H19NO4/c1-8(2)13-9(10(15)7-12(16)17)3-4-11-14(13)19-6-5-18-11/h3-4,8,10H,5-7,15H2,1-2H3,(H,16,17). The van der Waals surface area contributed by atoms with Crippen LogP contribution in [0.15, 0.2) is 12.1 Å². The summed E-state index contributed by atoms with van der Waals surface area (Å²) in [7, 11) is 0. The van der Waals surface area contributed by atoms with Crippen molar-refractivity contribution in [3.63, 3.8) is 0 Å². The average Bonchev–Trinajstić information content (AvgIpc) is 2.36. The number of hydrogen-bond acceptors (Lipinski definition) is 4. The summed E-state index contributed by atoms with van der Waals surface area (Å²) in [4.78, 5) is 10.8. The summed E-state index contributed by atoms with van der Waals surface area (Å²) in [5.41, 5.74) is 7.76. The second-order valence-corrected chi connectivity index (χ2v) is 4.95. The lowest BCUT2D eigenvalue weighted by molar-refractivity contribution is -0.137. The van der Waals surface area contributed by atoms with Gasteiger partial charge in [0.1, 0.15) is 13.2 Å². The molecule has 1 aliphatic rings. The fourth-order valence-corrected chi connectivity index (χ4v) is 2.37. The van der Waals surface area contributed by atoms with Crippen LogP contribution in [0.4, 0.5) is 0 Å². The van der Waals surface area contributed by atoms with Crippen molar-refractivity contribution in [1.29, 1.82) is 0 Å². The molecule has 0 saturated heterocycles. The topological polar surface area (TPSA) is 81.8 Å². The fourth-order valence-electron chi connectivity index (χ4n) is 2.37. The lowest BCUT2D eigenvalue weighted by atomic mass is 9.90. The van der Waals surface area contributed by atoms with Crippen molar-refractivity contribution in [2.75, 3.05) is 13.2 Å². The number of carbonyl (C=O) groups is 1. The molecule has 0 saturated carbocycles. The van der Waals surface area contributed by atoms with E-state index in [0.29, 0.717) is 24.7 Å². The molecule has 1 aromatic carbocycles. The van der Waals surface area contributed by atoms with Gasteiger partial charge in [-0.25, -0.2) is 0 Å². The predicted octanol–water partition coefficient (Wildman–Crippen LogP) is 2.06. The molecule has 5 nitrogen and oxygen atoms in total. The predicted molar refractivity (Wildman–Crippen MR) is 70.7 cm³/mol. The summed E-state index contributed by atoms with van der Waals surface area (Å²) in [6.45, 7) is 5.10. The van der Waals surface area contributed by atoms with E-state index in [1.54, 1.807) is 6.07 Å². The van der Waals surface area contributed by atoms with Crippen molar-refractivity contribution < 1.29 is 19.4 Å². The lowest BCUT2D eigenvalue weighted by Gasteiger charge is -2.26. The van der Waals surface area contributed by atoms with Crippen LogP contribution in [0.25, 0.3) is 0 Å². The van der Waals surface area contributed by atoms with Gasteiger partial charge < -0.3 is 20.3 Å². The quantitative estimate of drug-likeness (QED) is 0.870. The highest BCUT2D eigenvalue weighted by Gasteiger charge is 2.24. The minimum atomic E-state index is -0.905. The van der Waals surface area contributed by atoms with Gasteiger partial charge in [-0.3, -0.25) is 4.79 Å². The molecule has 0 aliphatic carbocycles. The lowest BCUT2D eigenvalue weighted by Crippen LogP contribution is -2.21. The van der Waals surface area contributed by atoms with Crippen molar-refractivity contribution in [1.82, 2.24) is 0 Å². The molecular formula is C14H19NO4. The van der Waals surface area contributed by atoms with Gasteiger partial charge in [-0.15, -0.1) is 0 Å². The van der Waals surface area contributed by atoms with Crippen molar-refractivity contribution >= 4 is 5.97 Å². The molecule has 19 heavy (non-hydrogen) atoms. The third-order valence-electron chi connectivity index (χ3n) is 3.15. The summed E-state index contributed by atoms with van der Waals surface area (Å²) < 4.78 is 11.2. The molecule has 0 fully saturated rings. The Labute approximate surface area is 112 Å². The molecular weight excluding hydrogens is 246 g/mol. The largest absolute Gasteiger partial charge is 0.486 e. The first-order chi connectivity index (χ1) is 9.00. The summed E-state index contributed by atoms with van der Waals surface area (Å²) in [6.07, 6.45) is -0.0979. The zero-order chi connectivity index (χ0) is 14.0. The Balaban J connectivity index is 2.46. The maximum absolute atomic E-state index is 10.8. The molecule has 3 N–H and O–H groups in total. The van der Waals surface area contributed by atoms with E-state index in [-0.39, 0.29) is 12.3 Å². The molecule has 0 bridgehead atoms. The van der Waals surface area contributed by atoms with E-state index < -0.39 is 12.0 Å². The summed E-state index contributed by atoms with van der Waals surface area (Å²) >= 11 is 0. The smallest absolute Gasteiger partial charge is 0.305 e. The Morgan fingerprint density at radius 2 is 2.05 bits per heavy atom. The minimum Gasteiger partial charge on any atom is -0.486 e. The van der Waals surface area contributed by atoms with Crippen molar-refractivity contribution in [2.45, 2.75) is 32.2 Å². The molecule has 1 atom stereocenters. The third-order valence-corrected chi connectivity index (χ3v) is 3.15. The van der Waals surface area contributed by atoms with Crippen LogP contribution in [0, 0.1) is 0 Å². The fraction of sp³-hybridized carbons (Fsp3) is 0.500. The summed E-state index contributed by atoms with van der Waals surface area (Å²) in [5.74, 6) is 0.699. The van der Waals surface area contributed by atoms with Crippen LogP contribution in [-0.2, 0) is 4.79 Å². The molecule has 1 aliphatic heterocycles. The highest BCUT2D eigenvalue weighted by Crippen LogP contribution is 2.41. The molecule has 1 heterocycles. The van der Waals surface area contributed by atoms with Crippen LogP contribution < -0.4 is 15.2 Å².